The Morgan fingerprint density at radius 3 is 2.62 bits per heavy atom. The molecule has 86 valence electrons. The molecule has 0 radical (unpaired) electrons. The molecular weight excluding hydrogens is 206 g/mol. The Kier molecular flexibility index (Phi) is 2.77. The summed E-state index contributed by atoms with van der Waals surface area (Å²) in [6.45, 7) is 4.51. The number of hydrogen-bond donors (Lipinski definition) is 1. The number of rotatable bonds is 2. The van der Waals surface area contributed by atoms with Crippen molar-refractivity contribution in [2.24, 2.45) is 0 Å². The normalized spacial score (nSPS) is 20.1. The lowest BCUT2D eigenvalue weighted by atomic mass is 10.2. The third-order valence-corrected chi connectivity index (χ3v) is 2.77. The molecule has 0 bridgehead atoms. The Bertz CT molecular complexity index is 399. The number of aliphatic carboxylic acids is 1. The van der Waals surface area contributed by atoms with Crippen LogP contribution in [0.2, 0.25) is 0 Å². The molecule has 0 amide bonds. The molecule has 0 spiro atoms. The lowest BCUT2D eigenvalue weighted by Crippen LogP contribution is -2.37. The van der Waals surface area contributed by atoms with Gasteiger partial charge in [-0.05, 0) is 32.8 Å². The van der Waals surface area contributed by atoms with E-state index in [1.807, 2.05) is 19.9 Å². The molecule has 1 aromatic rings. The van der Waals surface area contributed by atoms with Gasteiger partial charge >= 0.3 is 5.97 Å². The number of carboxylic acid groups (broad SMARTS) is 1. The number of carboxylic acids is 1. The smallest absolute Gasteiger partial charge is 0.326 e. The van der Waals surface area contributed by atoms with Crippen LogP contribution in [-0.2, 0) is 4.79 Å². The van der Waals surface area contributed by atoms with Crippen molar-refractivity contribution in [3.8, 4) is 0 Å². The summed E-state index contributed by atoms with van der Waals surface area (Å²) in [5, 5.41) is 9.09. The first-order valence-corrected chi connectivity index (χ1v) is 5.39. The Balaban J connectivity index is 2.32. The quantitative estimate of drug-likeness (QED) is 0.811. The monoisotopic (exact) mass is 221 g/mol. The number of aromatic nitrogens is 2. The van der Waals surface area contributed by atoms with Crippen molar-refractivity contribution in [1.29, 1.82) is 0 Å². The number of hydrogen-bond acceptors (Lipinski definition) is 4. The maximum absolute atomic E-state index is 11.1. The zero-order valence-corrected chi connectivity index (χ0v) is 9.47. The van der Waals surface area contributed by atoms with Crippen LogP contribution in [0.1, 0.15) is 24.2 Å². The molecular formula is C11H15N3O2. The van der Waals surface area contributed by atoms with Gasteiger partial charge in [-0.25, -0.2) is 14.8 Å². The number of aryl methyl sites for hydroxylation is 2. The van der Waals surface area contributed by atoms with Crippen LogP contribution in [0.3, 0.4) is 0 Å². The molecule has 1 aromatic heterocycles. The van der Waals surface area contributed by atoms with Crippen LogP contribution in [0, 0.1) is 13.8 Å². The van der Waals surface area contributed by atoms with E-state index in [4.69, 9.17) is 5.11 Å². The fourth-order valence-electron chi connectivity index (χ4n) is 2.10. The van der Waals surface area contributed by atoms with Gasteiger partial charge in [-0.3, -0.25) is 0 Å². The van der Waals surface area contributed by atoms with E-state index < -0.39 is 12.0 Å². The zero-order valence-electron chi connectivity index (χ0n) is 9.47. The van der Waals surface area contributed by atoms with Crippen molar-refractivity contribution in [3.05, 3.63) is 17.5 Å². The van der Waals surface area contributed by atoms with Crippen molar-refractivity contribution < 1.29 is 9.90 Å². The van der Waals surface area contributed by atoms with Gasteiger partial charge in [0.05, 0.1) is 0 Å². The second-order valence-corrected chi connectivity index (χ2v) is 4.14. The van der Waals surface area contributed by atoms with Crippen LogP contribution in [0.25, 0.3) is 0 Å². The van der Waals surface area contributed by atoms with E-state index in [1.54, 1.807) is 4.90 Å². The summed E-state index contributed by atoms with van der Waals surface area (Å²) in [6.07, 6.45) is 1.55. The third-order valence-electron chi connectivity index (χ3n) is 2.77. The molecule has 0 unspecified atom stereocenters. The first-order valence-electron chi connectivity index (χ1n) is 5.39. The Morgan fingerprint density at radius 1 is 1.44 bits per heavy atom. The van der Waals surface area contributed by atoms with E-state index in [2.05, 4.69) is 9.97 Å². The summed E-state index contributed by atoms with van der Waals surface area (Å²) in [5.74, 6) is -0.248. The average molecular weight is 221 g/mol. The molecule has 2 heterocycles. The molecule has 5 nitrogen and oxygen atoms in total. The van der Waals surface area contributed by atoms with Gasteiger partial charge in [0.25, 0.3) is 0 Å². The average Bonchev–Trinajstić information content (AvgIpc) is 2.63. The molecule has 1 aliphatic heterocycles. The predicted octanol–water partition coefficient (Wildman–Crippen LogP) is 1.15. The van der Waals surface area contributed by atoms with Gasteiger partial charge in [0, 0.05) is 17.9 Å². The highest BCUT2D eigenvalue weighted by Crippen LogP contribution is 2.22. The summed E-state index contributed by atoms with van der Waals surface area (Å²) in [6, 6.07) is 1.41. The lowest BCUT2D eigenvalue weighted by Gasteiger charge is -2.21. The summed E-state index contributed by atoms with van der Waals surface area (Å²) >= 11 is 0. The zero-order chi connectivity index (χ0) is 11.7. The van der Waals surface area contributed by atoms with Crippen molar-refractivity contribution in [2.45, 2.75) is 32.7 Å². The van der Waals surface area contributed by atoms with Crippen molar-refractivity contribution >= 4 is 11.9 Å². The van der Waals surface area contributed by atoms with E-state index in [9.17, 15) is 4.79 Å². The molecule has 1 aliphatic rings. The van der Waals surface area contributed by atoms with E-state index >= 15 is 0 Å². The molecule has 1 fully saturated rings. The summed E-state index contributed by atoms with van der Waals surface area (Å²) in [7, 11) is 0. The first kappa shape index (κ1) is 10.9. The Morgan fingerprint density at radius 2 is 2.06 bits per heavy atom. The predicted molar refractivity (Wildman–Crippen MR) is 59.5 cm³/mol. The molecule has 1 atom stereocenters. The van der Waals surface area contributed by atoms with E-state index in [0.717, 1.165) is 24.4 Å². The second kappa shape index (κ2) is 4.08. The minimum atomic E-state index is -0.791. The third kappa shape index (κ3) is 1.98. The maximum atomic E-state index is 11.1. The number of anilines is 1. The minimum Gasteiger partial charge on any atom is -0.480 e. The molecule has 1 N–H and O–H groups in total. The molecule has 1 saturated heterocycles. The molecule has 2 rings (SSSR count). The summed E-state index contributed by atoms with van der Waals surface area (Å²) in [5.41, 5.74) is 1.75. The highest BCUT2D eigenvalue weighted by molar-refractivity contribution is 5.78. The fraction of sp³-hybridized carbons (Fsp3) is 0.545. The van der Waals surface area contributed by atoms with Crippen LogP contribution < -0.4 is 4.90 Å². The summed E-state index contributed by atoms with van der Waals surface area (Å²) in [4.78, 5) is 21.4. The van der Waals surface area contributed by atoms with Crippen molar-refractivity contribution in [2.75, 3.05) is 11.4 Å². The Labute approximate surface area is 94.1 Å². The maximum Gasteiger partial charge on any atom is 0.326 e. The van der Waals surface area contributed by atoms with E-state index in [1.165, 1.54) is 0 Å². The van der Waals surface area contributed by atoms with Crippen LogP contribution in [0.15, 0.2) is 6.07 Å². The van der Waals surface area contributed by atoms with Crippen molar-refractivity contribution in [1.82, 2.24) is 9.97 Å². The van der Waals surface area contributed by atoms with Gasteiger partial charge in [-0.1, -0.05) is 0 Å². The number of carbonyl (C=O) groups is 1. The Hall–Kier alpha value is -1.65. The minimum absolute atomic E-state index is 0.471. The van der Waals surface area contributed by atoms with E-state index in [0.29, 0.717) is 12.4 Å². The number of nitrogens with zero attached hydrogens (tertiary/aromatic N) is 3. The van der Waals surface area contributed by atoms with Crippen molar-refractivity contribution in [3.63, 3.8) is 0 Å². The van der Waals surface area contributed by atoms with Gasteiger partial charge in [0.2, 0.25) is 5.95 Å². The SMILES string of the molecule is Cc1cc(C)nc(N2CCC[C@H]2C(=O)O)n1. The van der Waals surface area contributed by atoms with Gasteiger partial charge in [0.1, 0.15) is 6.04 Å². The molecule has 0 aromatic carbocycles. The van der Waals surface area contributed by atoms with Crippen LogP contribution in [0.5, 0.6) is 0 Å². The largest absolute Gasteiger partial charge is 0.480 e. The highest BCUT2D eigenvalue weighted by Gasteiger charge is 2.32. The first-order chi connectivity index (χ1) is 7.58. The lowest BCUT2D eigenvalue weighted by molar-refractivity contribution is -0.138. The molecule has 16 heavy (non-hydrogen) atoms. The van der Waals surface area contributed by atoms with Gasteiger partial charge in [0.15, 0.2) is 0 Å². The van der Waals surface area contributed by atoms with E-state index in [-0.39, 0.29) is 0 Å². The van der Waals surface area contributed by atoms with Crippen LogP contribution in [-0.4, -0.2) is 33.6 Å². The molecule has 0 saturated carbocycles. The summed E-state index contributed by atoms with van der Waals surface area (Å²) < 4.78 is 0. The second-order valence-electron chi connectivity index (χ2n) is 4.14. The standard InChI is InChI=1S/C11H15N3O2/c1-7-6-8(2)13-11(12-7)14-5-3-4-9(14)10(15)16/h6,9H,3-5H2,1-2H3,(H,15,16)/t9-/m0/s1. The van der Waals surface area contributed by atoms with Gasteiger partial charge < -0.3 is 10.0 Å². The van der Waals surface area contributed by atoms with Crippen LogP contribution >= 0.6 is 0 Å². The van der Waals surface area contributed by atoms with Crippen LogP contribution in [0.4, 0.5) is 5.95 Å². The highest BCUT2D eigenvalue weighted by atomic mass is 16.4. The fourth-order valence-corrected chi connectivity index (χ4v) is 2.10. The molecule has 5 heteroatoms. The topological polar surface area (TPSA) is 66.3 Å². The van der Waals surface area contributed by atoms with Gasteiger partial charge in [-0.15, -0.1) is 0 Å². The van der Waals surface area contributed by atoms with Gasteiger partial charge in [-0.2, -0.15) is 0 Å². The molecule has 0 aliphatic carbocycles.